The smallest absolute Gasteiger partial charge is 0.346 e. The molecule has 8 heteroatoms. The zero-order valence-corrected chi connectivity index (χ0v) is 11.4. The standard InChI is InChI=1S/C10H12N2O4S2/c1-6-5-8(17-9(6)10(13)14)18(15,16)12-7(2)3-4-11/h5,7,12H,3H2,1-2H3,(H,13,14). The molecule has 0 aliphatic heterocycles. The fourth-order valence-electron chi connectivity index (χ4n) is 1.30. The van der Waals surface area contributed by atoms with Crippen LogP contribution in [0.2, 0.25) is 0 Å². The molecule has 0 fully saturated rings. The quantitative estimate of drug-likeness (QED) is 0.850. The van der Waals surface area contributed by atoms with E-state index in [0.29, 0.717) is 16.9 Å². The van der Waals surface area contributed by atoms with Crippen LogP contribution in [0, 0.1) is 18.3 Å². The second kappa shape index (κ2) is 5.48. The number of nitriles is 1. The van der Waals surface area contributed by atoms with Gasteiger partial charge in [0, 0.05) is 6.04 Å². The van der Waals surface area contributed by atoms with E-state index in [1.165, 1.54) is 13.0 Å². The van der Waals surface area contributed by atoms with Gasteiger partial charge in [-0.05, 0) is 25.5 Å². The van der Waals surface area contributed by atoms with Crippen molar-refractivity contribution in [2.75, 3.05) is 0 Å². The van der Waals surface area contributed by atoms with Gasteiger partial charge >= 0.3 is 5.97 Å². The van der Waals surface area contributed by atoms with Gasteiger partial charge in [-0.1, -0.05) is 0 Å². The second-order valence-electron chi connectivity index (χ2n) is 3.77. The van der Waals surface area contributed by atoms with Gasteiger partial charge in [-0.2, -0.15) is 5.26 Å². The first-order valence-electron chi connectivity index (χ1n) is 5.01. The molecule has 1 unspecified atom stereocenters. The highest BCUT2D eigenvalue weighted by atomic mass is 32.2. The van der Waals surface area contributed by atoms with Crippen LogP contribution in [-0.2, 0) is 10.0 Å². The van der Waals surface area contributed by atoms with Crippen LogP contribution >= 0.6 is 11.3 Å². The Morgan fingerprint density at radius 3 is 2.72 bits per heavy atom. The van der Waals surface area contributed by atoms with Crippen LogP contribution in [0.15, 0.2) is 10.3 Å². The van der Waals surface area contributed by atoms with E-state index in [1.807, 2.05) is 6.07 Å². The summed E-state index contributed by atoms with van der Waals surface area (Å²) in [5.74, 6) is -1.15. The summed E-state index contributed by atoms with van der Waals surface area (Å²) in [4.78, 5) is 10.8. The highest BCUT2D eigenvalue weighted by Crippen LogP contribution is 2.26. The molecule has 0 amide bonds. The van der Waals surface area contributed by atoms with Gasteiger partial charge in [0.2, 0.25) is 10.0 Å². The van der Waals surface area contributed by atoms with Gasteiger partial charge in [0.05, 0.1) is 12.5 Å². The van der Waals surface area contributed by atoms with E-state index < -0.39 is 22.0 Å². The molecule has 1 rings (SSSR count). The SMILES string of the molecule is Cc1cc(S(=O)(=O)NC(C)CC#N)sc1C(=O)O. The molecule has 0 spiro atoms. The van der Waals surface area contributed by atoms with Crippen molar-refractivity contribution in [2.45, 2.75) is 30.5 Å². The molecule has 0 aliphatic rings. The Bertz CT molecular complexity index is 598. The minimum absolute atomic E-state index is 0.00307. The van der Waals surface area contributed by atoms with E-state index in [4.69, 9.17) is 10.4 Å². The summed E-state index contributed by atoms with van der Waals surface area (Å²) in [6, 6.07) is 2.66. The summed E-state index contributed by atoms with van der Waals surface area (Å²) < 4.78 is 26.1. The number of sulfonamides is 1. The van der Waals surface area contributed by atoms with E-state index in [0.717, 1.165) is 0 Å². The average Bonchev–Trinajstić information content (AvgIpc) is 2.60. The lowest BCUT2D eigenvalue weighted by Crippen LogP contribution is -2.31. The normalized spacial score (nSPS) is 12.9. The summed E-state index contributed by atoms with van der Waals surface area (Å²) in [5.41, 5.74) is 0.404. The molecule has 98 valence electrons. The van der Waals surface area contributed by atoms with Crippen molar-refractivity contribution in [1.29, 1.82) is 5.26 Å². The van der Waals surface area contributed by atoms with Crippen molar-refractivity contribution in [3.05, 3.63) is 16.5 Å². The van der Waals surface area contributed by atoms with Crippen molar-refractivity contribution < 1.29 is 18.3 Å². The van der Waals surface area contributed by atoms with Crippen molar-refractivity contribution in [1.82, 2.24) is 4.72 Å². The molecule has 1 heterocycles. The summed E-state index contributed by atoms with van der Waals surface area (Å²) in [6.07, 6.45) is 0.0510. The molecular formula is C10H12N2O4S2. The Kier molecular flexibility index (Phi) is 4.45. The van der Waals surface area contributed by atoms with Gasteiger partial charge in [-0.3, -0.25) is 0 Å². The molecule has 0 saturated heterocycles. The van der Waals surface area contributed by atoms with Crippen LogP contribution in [0.25, 0.3) is 0 Å². The second-order valence-corrected chi connectivity index (χ2v) is 6.76. The van der Waals surface area contributed by atoms with Gasteiger partial charge < -0.3 is 5.11 Å². The lowest BCUT2D eigenvalue weighted by Gasteiger charge is -2.09. The number of carboxylic acids is 1. The molecule has 0 radical (unpaired) electrons. The van der Waals surface area contributed by atoms with Gasteiger partial charge in [0.25, 0.3) is 0 Å². The zero-order valence-electron chi connectivity index (χ0n) is 9.80. The van der Waals surface area contributed by atoms with E-state index in [1.54, 1.807) is 6.92 Å². The third kappa shape index (κ3) is 3.29. The summed E-state index contributed by atoms with van der Waals surface area (Å²) >= 11 is 0.702. The largest absolute Gasteiger partial charge is 0.477 e. The zero-order chi connectivity index (χ0) is 13.9. The number of carbonyl (C=O) groups is 1. The maximum Gasteiger partial charge on any atom is 0.346 e. The molecular weight excluding hydrogens is 276 g/mol. The van der Waals surface area contributed by atoms with Crippen molar-refractivity contribution in [3.8, 4) is 6.07 Å². The first-order chi connectivity index (χ1) is 8.27. The number of nitrogens with one attached hydrogen (secondary N) is 1. The number of carboxylic acid groups (broad SMARTS) is 1. The minimum Gasteiger partial charge on any atom is -0.477 e. The molecule has 1 atom stereocenters. The molecule has 1 aromatic rings. The minimum atomic E-state index is -3.76. The summed E-state index contributed by atoms with van der Waals surface area (Å²) in [5, 5.41) is 17.3. The number of thiophene rings is 1. The van der Waals surface area contributed by atoms with Gasteiger partial charge in [0.1, 0.15) is 9.09 Å². The van der Waals surface area contributed by atoms with Gasteiger partial charge in [-0.25, -0.2) is 17.9 Å². The number of nitrogens with zero attached hydrogens (tertiary/aromatic N) is 1. The lowest BCUT2D eigenvalue weighted by molar-refractivity contribution is 0.0701. The Morgan fingerprint density at radius 2 is 2.28 bits per heavy atom. The Morgan fingerprint density at radius 1 is 1.67 bits per heavy atom. The first-order valence-corrected chi connectivity index (χ1v) is 7.31. The number of hydrogen-bond acceptors (Lipinski definition) is 5. The van der Waals surface area contributed by atoms with Crippen molar-refractivity contribution >= 4 is 27.3 Å². The van der Waals surface area contributed by atoms with Gasteiger partial charge in [-0.15, -0.1) is 11.3 Å². The van der Waals surface area contributed by atoms with Crippen LogP contribution in [-0.4, -0.2) is 25.5 Å². The van der Waals surface area contributed by atoms with E-state index >= 15 is 0 Å². The van der Waals surface area contributed by atoms with Crippen LogP contribution in [0.3, 0.4) is 0 Å². The van der Waals surface area contributed by atoms with E-state index in [-0.39, 0.29) is 15.5 Å². The number of aromatic carboxylic acids is 1. The third-order valence-corrected chi connectivity index (χ3v) is 5.40. The number of rotatable bonds is 5. The molecule has 18 heavy (non-hydrogen) atoms. The van der Waals surface area contributed by atoms with E-state index in [2.05, 4.69) is 4.72 Å². The van der Waals surface area contributed by atoms with E-state index in [9.17, 15) is 13.2 Å². The summed E-state index contributed by atoms with van der Waals surface area (Å²) in [6.45, 7) is 3.11. The maximum absolute atomic E-state index is 11.9. The predicted molar refractivity (Wildman–Crippen MR) is 66.0 cm³/mol. The Balaban J connectivity index is 3.03. The maximum atomic E-state index is 11.9. The average molecular weight is 288 g/mol. The number of hydrogen-bond donors (Lipinski definition) is 2. The van der Waals surface area contributed by atoms with Crippen molar-refractivity contribution in [2.24, 2.45) is 0 Å². The van der Waals surface area contributed by atoms with Gasteiger partial charge in [0.15, 0.2) is 0 Å². The highest BCUT2D eigenvalue weighted by molar-refractivity contribution is 7.91. The molecule has 6 nitrogen and oxygen atoms in total. The lowest BCUT2D eigenvalue weighted by atomic mass is 10.3. The highest BCUT2D eigenvalue weighted by Gasteiger charge is 2.23. The molecule has 1 aromatic heterocycles. The number of aryl methyl sites for hydroxylation is 1. The Labute approximate surface area is 109 Å². The molecule has 0 aliphatic carbocycles. The topological polar surface area (TPSA) is 107 Å². The fourth-order valence-corrected chi connectivity index (χ4v) is 3.94. The fraction of sp³-hybridized carbons (Fsp3) is 0.400. The van der Waals surface area contributed by atoms with Crippen LogP contribution in [0.1, 0.15) is 28.6 Å². The first kappa shape index (κ1) is 14.6. The third-order valence-electron chi connectivity index (χ3n) is 2.11. The monoisotopic (exact) mass is 288 g/mol. The molecule has 0 saturated carbocycles. The molecule has 0 bridgehead atoms. The predicted octanol–water partition coefficient (Wildman–Crippen LogP) is 1.34. The summed E-state index contributed by atoms with van der Waals surface area (Å²) in [7, 11) is -3.76. The van der Waals surface area contributed by atoms with Crippen molar-refractivity contribution in [3.63, 3.8) is 0 Å². The van der Waals surface area contributed by atoms with Crippen LogP contribution in [0.5, 0.6) is 0 Å². The molecule has 0 aromatic carbocycles. The molecule has 2 N–H and O–H groups in total. The Hall–Kier alpha value is -1.43. The van der Waals surface area contributed by atoms with Crippen LogP contribution in [0.4, 0.5) is 0 Å². The van der Waals surface area contributed by atoms with Crippen LogP contribution < -0.4 is 4.72 Å².